The number of sulfonamides is 1. The number of benzene rings is 2. The fraction of sp³-hybridized carbons (Fsp3) is 0.381. The third-order valence-electron chi connectivity index (χ3n) is 5.36. The molecule has 1 amide bonds. The van der Waals surface area contributed by atoms with Crippen molar-refractivity contribution in [1.29, 1.82) is 0 Å². The van der Waals surface area contributed by atoms with Crippen molar-refractivity contribution >= 4 is 27.3 Å². The zero-order valence-electron chi connectivity index (χ0n) is 17.7. The van der Waals surface area contributed by atoms with Gasteiger partial charge < -0.3 is 10.2 Å². The molecule has 1 heterocycles. The van der Waals surface area contributed by atoms with Gasteiger partial charge in [0.05, 0.1) is 10.7 Å². The molecule has 1 aliphatic rings. The molecular weight excluding hydrogens is 439 g/mol. The number of amides is 1. The van der Waals surface area contributed by atoms with Crippen molar-refractivity contribution in [3.63, 3.8) is 0 Å². The van der Waals surface area contributed by atoms with Gasteiger partial charge in [-0.15, -0.1) is 0 Å². The molecule has 1 N–H and O–H groups in total. The molecule has 0 bridgehead atoms. The number of nitro groups is 1. The summed E-state index contributed by atoms with van der Waals surface area (Å²) >= 11 is 0. The summed E-state index contributed by atoms with van der Waals surface area (Å²) in [6.45, 7) is 3.40. The second-order valence-corrected chi connectivity index (χ2v) is 9.63. The highest BCUT2D eigenvalue weighted by Gasteiger charge is 2.26. The van der Waals surface area contributed by atoms with Crippen LogP contribution in [0.3, 0.4) is 0 Å². The average Bonchev–Trinajstić information content (AvgIpc) is 2.77. The highest BCUT2D eigenvalue weighted by atomic mass is 32.2. The summed E-state index contributed by atoms with van der Waals surface area (Å²) in [6, 6.07) is 10.3. The Bertz CT molecular complexity index is 1080. The van der Waals surface area contributed by atoms with E-state index in [1.54, 1.807) is 19.1 Å². The summed E-state index contributed by atoms with van der Waals surface area (Å²) in [7, 11) is -3.48. The second-order valence-electron chi connectivity index (χ2n) is 7.55. The number of carbonyl (C=O) groups excluding carboxylic acids is 1. The number of hydrogen-bond donors (Lipinski definition) is 1. The van der Waals surface area contributed by atoms with E-state index in [-0.39, 0.29) is 35.8 Å². The maximum Gasteiger partial charge on any atom is 0.273 e. The Labute approximate surface area is 186 Å². The number of nitro benzene ring substituents is 1. The van der Waals surface area contributed by atoms with Crippen LogP contribution in [-0.2, 0) is 10.0 Å². The monoisotopic (exact) mass is 464 g/mol. The standard InChI is InChI=1S/C21H25FN4O5S/c1-16-3-4-17(15-20(16)26(28)29)21(27)23-9-2-14-32(30,31)25-12-10-24(11-13-25)19-7-5-18(22)6-8-19/h3-8,15H,2,9-14H2,1H3,(H,23,27). The number of carbonyl (C=O) groups is 1. The van der Waals surface area contributed by atoms with Crippen LogP contribution < -0.4 is 10.2 Å². The summed E-state index contributed by atoms with van der Waals surface area (Å²) in [5.41, 5.74) is 1.32. The summed E-state index contributed by atoms with van der Waals surface area (Å²) in [5.74, 6) is -0.918. The molecule has 172 valence electrons. The molecule has 0 saturated carbocycles. The van der Waals surface area contributed by atoms with E-state index >= 15 is 0 Å². The Kier molecular flexibility index (Phi) is 7.41. The van der Waals surface area contributed by atoms with Crippen molar-refractivity contribution in [2.45, 2.75) is 13.3 Å². The zero-order valence-corrected chi connectivity index (χ0v) is 18.5. The van der Waals surface area contributed by atoms with Crippen molar-refractivity contribution < 1.29 is 22.5 Å². The van der Waals surface area contributed by atoms with Crippen LogP contribution in [0.5, 0.6) is 0 Å². The van der Waals surface area contributed by atoms with Gasteiger partial charge in [-0.1, -0.05) is 6.07 Å². The highest BCUT2D eigenvalue weighted by Crippen LogP contribution is 2.20. The summed E-state index contributed by atoms with van der Waals surface area (Å²) in [5, 5.41) is 13.6. The van der Waals surface area contributed by atoms with Gasteiger partial charge in [-0.05, 0) is 43.7 Å². The summed E-state index contributed by atoms with van der Waals surface area (Å²) < 4.78 is 39.7. The third kappa shape index (κ3) is 5.80. The molecule has 1 aliphatic heterocycles. The minimum Gasteiger partial charge on any atom is -0.369 e. The molecular formula is C21H25FN4O5S. The Morgan fingerprint density at radius 3 is 2.41 bits per heavy atom. The van der Waals surface area contributed by atoms with Gasteiger partial charge in [0.25, 0.3) is 11.6 Å². The predicted molar refractivity (Wildman–Crippen MR) is 119 cm³/mol. The van der Waals surface area contributed by atoms with Crippen molar-refractivity contribution in [1.82, 2.24) is 9.62 Å². The topological polar surface area (TPSA) is 113 Å². The van der Waals surface area contributed by atoms with Gasteiger partial charge in [-0.25, -0.2) is 12.8 Å². The molecule has 2 aromatic carbocycles. The molecule has 0 aromatic heterocycles. The van der Waals surface area contributed by atoms with Gasteiger partial charge in [0.2, 0.25) is 10.0 Å². The quantitative estimate of drug-likeness (QED) is 0.364. The predicted octanol–water partition coefficient (Wildman–Crippen LogP) is 2.31. The van der Waals surface area contributed by atoms with Gasteiger partial charge in [0.1, 0.15) is 5.82 Å². The molecule has 0 radical (unpaired) electrons. The van der Waals surface area contributed by atoms with Gasteiger partial charge in [0.15, 0.2) is 0 Å². The van der Waals surface area contributed by atoms with Gasteiger partial charge in [-0.3, -0.25) is 14.9 Å². The minimum absolute atomic E-state index is 0.113. The molecule has 9 nitrogen and oxygen atoms in total. The van der Waals surface area contributed by atoms with Gasteiger partial charge >= 0.3 is 0 Å². The van der Waals surface area contributed by atoms with Crippen molar-refractivity contribution in [2.75, 3.05) is 43.4 Å². The fourth-order valence-electron chi connectivity index (χ4n) is 3.51. The normalized spacial score (nSPS) is 14.9. The smallest absolute Gasteiger partial charge is 0.273 e. The van der Waals surface area contributed by atoms with E-state index in [0.29, 0.717) is 31.7 Å². The molecule has 32 heavy (non-hydrogen) atoms. The molecule has 1 fully saturated rings. The van der Waals surface area contributed by atoms with E-state index in [0.717, 1.165) is 5.69 Å². The number of nitrogens with one attached hydrogen (secondary N) is 1. The first-order valence-electron chi connectivity index (χ1n) is 10.2. The molecule has 0 aliphatic carbocycles. The summed E-state index contributed by atoms with van der Waals surface area (Å²) in [4.78, 5) is 24.7. The Balaban J connectivity index is 1.45. The lowest BCUT2D eigenvalue weighted by molar-refractivity contribution is -0.385. The second kappa shape index (κ2) is 10.0. The lowest BCUT2D eigenvalue weighted by atomic mass is 10.1. The van der Waals surface area contributed by atoms with Crippen LogP contribution in [0, 0.1) is 22.9 Å². The summed E-state index contributed by atoms with van der Waals surface area (Å²) in [6.07, 6.45) is 0.222. The number of piperazine rings is 1. The van der Waals surface area contributed by atoms with Crippen LogP contribution in [0.1, 0.15) is 22.3 Å². The molecule has 1 saturated heterocycles. The third-order valence-corrected chi connectivity index (χ3v) is 7.31. The van der Waals surface area contributed by atoms with Crippen LogP contribution in [0.4, 0.5) is 15.8 Å². The number of halogens is 1. The van der Waals surface area contributed by atoms with E-state index < -0.39 is 20.9 Å². The molecule has 11 heteroatoms. The number of rotatable bonds is 8. The molecule has 0 unspecified atom stereocenters. The first kappa shape index (κ1) is 23.6. The largest absolute Gasteiger partial charge is 0.369 e. The average molecular weight is 465 g/mol. The van der Waals surface area contributed by atoms with Gasteiger partial charge in [-0.2, -0.15) is 4.31 Å². The van der Waals surface area contributed by atoms with Crippen LogP contribution in [0.25, 0.3) is 0 Å². The Morgan fingerprint density at radius 2 is 1.78 bits per heavy atom. The number of aryl methyl sites for hydroxylation is 1. The van der Waals surface area contributed by atoms with Crippen molar-refractivity contribution in [3.05, 3.63) is 69.5 Å². The van der Waals surface area contributed by atoms with Crippen molar-refractivity contribution in [3.8, 4) is 0 Å². The molecule has 3 rings (SSSR count). The Hall–Kier alpha value is -3.05. The van der Waals surface area contributed by atoms with Crippen molar-refractivity contribution in [2.24, 2.45) is 0 Å². The van der Waals surface area contributed by atoms with E-state index in [1.165, 1.54) is 34.6 Å². The SMILES string of the molecule is Cc1ccc(C(=O)NCCCS(=O)(=O)N2CCN(c3ccc(F)cc3)CC2)cc1[N+](=O)[O-]. The highest BCUT2D eigenvalue weighted by molar-refractivity contribution is 7.89. The minimum atomic E-state index is -3.48. The molecule has 0 spiro atoms. The van der Waals surface area contributed by atoms with Gasteiger partial charge in [0, 0.05) is 55.6 Å². The van der Waals surface area contributed by atoms with E-state index in [1.807, 2.05) is 4.90 Å². The molecule has 2 aromatic rings. The first-order valence-corrected chi connectivity index (χ1v) is 11.8. The number of anilines is 1. The maximum absolute atomic E-state index is 13.1. The number of hydrogen-bond acceptors (Lipinski definition) is 6. The Morgan fingerprint density at radius 1 is 1.12 bits per heavy atom. The van der Waals surface area contributed by atoms with E-state index in [9.17, 15) is 27.7 Å². The zero-order chi connectivity index (χ0) is 23.3. The lowest BCUT2D eigenvalue weighted by Gasteiger charge is -2.35. The number of nitrogens with zero attached hydrogens (tertiary/aromatic N) is 3. The molecule has 0 atom stereocenters. The first-order chi connectivity index (χ1) is 15.2. The lowest BCUT2D eigenvalue weighted by Crippen LogP contribution is -2.49. The fourth-order valence-corrected chi connectivity index (χ4v) is 5.00. The van der Waals surface area contributed by atoms with E-state index in [2.05, 4.69) is 5.32 Å². The maximum atomic E-state index is 13.1. The van der Waals surface area contributed by atoms with E-state index in [4.69, 9.17) is 0 Å². The van der Waals surface area contributed by atoms with Crippen LogP contribution >= 0.6 is 0 Å². The van der Waals surface area contributed by atoms with Crippen LogP contribution in [-0.4, -0.2) is 62.0 Å². The van der Waals surface area contributed by atoms with Crippen LogP contribution in [0.15, 0.2) is 42.5 Å². The van der Waals surface area contributed by atoms with Crippen LogP contribution in [0.2, 0.25) is 0 Å².